The molecule has 26 heavy (non-hydrogen) atoms. The lowest BCUT2D eigenvalue weighted by Gasteiger charge is -2.22. The lowest BCUT2D eigenvalue weighted by atomic mass is 9.84. The Kier molecular flexibility index (Phi) is 6.06. The van der Waals surface area contributed by atoms with Crippen LogP contribution >= 0.6 is 11.3 Å². The molecule has 1 aliphatic heterocycles. The van der Waals surface area contributed by atoms with Gasteiger partial charge in [-0.05, 0) is 19.9 Å². The maximum absolute atomic E-state index is 12.1. The van der Waals surface area contributed by atoms with Crippen LogP contribution in [-0.4, -0.2) is 49.1 Å². The summed E-state index contributed by atoms with van der Waals surface area (Å²) in [6.45, 7) is 2.22. The van der Waals surface area contributed by atoms with Crippen molar-refractivity contribution in [1.29, 1.82) is 0 Å². The molecule has 0 spiro atoms. The predicted octanol–water partition coefficient (Wildman–Crippen LogP) is 1.88. The van der Waals surface area contributed by atoms with E-state index in [0.29, 0.717) is 4.78 Å². The van der Waals surface area contributed by atoms with E-state index in [1.807, 2.05) is 30.3 Å². The first-order chi connectivity index (χ1) is 12.6. The molecular formula is C18H21BN2O4S. The molecule has 0 bridgehead atoms. The monoisotopic (exact) mass is 372 g/mol. The van der Waals surface area contributed by atoms with E-state index in [-0.39, 0.29) is 13.1 Å². The van der Waals surface area contributed by atoms with Gasteiger partial charge in [0.15, 0.2) is 0 Å². The number of likely N-dealkylation sites (N-methyl/N-ethyl adjacent to an activating group) is 1. The molecule has 0 amide bonds. The highest BCUT2D eigenvalue weighted by Crippen LogP contribution is 2.24. The predicted molar refractivity (Wildman–Crippen MR) is 101 cm³/mol. The highest BCUT2D eigenvalue weighted by molar-refractivity contribution is 7.25. The van der Waals surface area contributed by atoms with Crippen LogP contribution in [0.25, 0.3) is 10.6 Å². The van der Waals surface area contributed by atoms with Crippen LogP contribution in [0.1, 0.15) is 25.5 Å². The molecule has 3 rings (SSSR count). The molecule has 0 saturated carbocycles. The minimum atomic E-state index is -1.02. The molecule has 1 saturated heterocycles. The van der Waals surface area contributed by atoms with Crippen LogP contribution in [-0.2, 0) is 25.3 Å². The van der Waals surface area contributed by atoms with E-state index in [2.05, 4.69) is 6.92 Å². The fourth-order valence-corrected chi connectivity index (χ4v) is 3.79. The molecule has 1 aromatic carbocycles. The van der Waals surface area contributed by atoms with Crippen LogP contribution in [0.4, 0.5) is 0 Å². The van der Waals surface area contributed by atoms with Gasteiger partial charge in [-0.15, -0.1) is 11.3 Å². The summed E-state index contributed by atoms with van der Waals surface area (Å²) in [6, 6.07) is 9.82. The Bertz CT molecular complexity index is 761. The summed E-state index contributed by atoms with van der Waals surface area (Å²) in [5.74, 6) is -0.831. The molecule has 1 fully saturated rings. The second-order valence-corrected chi connectivity index (χ2v) is 7.31. The number of carbonyl (C=O) groups excluding carboxylic acids is 2. The largest absolute Gasteiger partial charge is 0.649 e. The highest BCUT2D eigenvalue weighted by Gasteiger charge is 2.38. The van der Waals surface area contributed by atoms with E-state index in [1.54, 1.807) is 11.9 Å². The van der Waals surface area contributed by atoms with Gasteiger partial charge >= 0.3 is 19.1 Å². The van der Waals surface area contributed by atoms with Gasteiger partial charge in [0.1, 0.15) is 5.01 Å². The average Bonchev–Trinajstić information content (AvgIpc) is 3.02. The van der Waals surface area contributed by atoms with Crippen molar-refractivity contribution in [3.63, 3.8) is 0 Å². The average molecular weight is 372 g/mol. The van der Waals surface area contributed by atoms with Gasteiger partial charge in [-0.25, -0.2) is 4.98 Å². The molecule has 0 aliphatic carbocycles. The Morgan fingerprint density at radius 2 is 1.81 bits per heavy atom. The lowest BCUT2D eigenvalue weighted by Crippen LogP contribution is -2.47. The Balaban J connectivity index is 1.94. The van der Waals surface area contributed by atoms with Crippen LogP contribution in [0.5, 0.6) is 0 Å². The van der Waals surface area contributed by atoms with Crippen LogP contribution in [0.15, 0.2) is 30.3 Å². The van der Waals surface area contributed by atoms with E-state index < -0.39 is 19.1 Å². The maximum Gasteiger partial charge on any atom is 0.649 e. The van der Waals surface area contributed by atoms with Crippen molar-refractivity contribution < 1.29 is 18.9 Å². The number of hydrogen-bond acceptors (Lipinski definition) is 7. The number of unbranched alkanes of at least 4 members (excludes halogenated alkanes) is 1. The maximum atomic E-state index is 12.1. The summed E-state index contributed by atoms with van der Waals surface area (Å²) in [5.41, 5.74) is 1.82. The van der Waals surface area contributed by atoms with Crippen molar-refractivity contribution in [2.75, 3.05) is 20.1 Å². The highest BCUT2D eigenvalue weighted by atomic mass is 32.1. The molecule has 0 radical (unpaired) electrons. The molecule has 2 aromatic rings. The van der Waals surface area contributed by atoms with Crippen molar-refractivity contribution >= 4 is 35.2 Å². The quantitative estimate of drug-likeness (QED) is 0.747. The molecule has 0 N–H and O–H groups in total. The van der Waals surface area contributed by atoms with E-state index in [1.165, 1.54) is 11.3 Å². The van der Waals surface area contributed by atoms with Crippen molar-refractivity contribution in [3.05, 3.63) is 36.0 Å². The molecule has 8 heteroatoms. The first-order valence-corrected chi connectivity index (χ1v) is 9.51. The standard InChI is InChI=1S/C18H21BN2O4S/c1-3-4-10-14-17(26-18(20-14)13-8-6-5-7-9-13)19-24-15(22)11-21(2)12-16(23)25-19/h5-9H,3-4,10-12H2,1-2H3. The molecule has 2 heterocycles. The topological polar surface area (TPSA) is 68.7 Å². The van der Waals surface area contributed by atoms with Gasteiger partial charge in [-0.1, -0.05) is 43.7 Å². The number of aryl methyl sites for hydroxylation is 1. The van der Waals surface area contributed by atoms with Gasteiger partial charge in [0.2, 0.25) is 0 Å². The summed E-state index contributed by atoms with van der Waals surface area (Å²) < 4.78 is 11.6. The van der Waals surface area contributed by atoms with E-state index in [0.717, 1.165) is 35.5 Å². The van der Waals surface area contributed by atoms with Crippen LogP contribution in [0.3, 0.4) is 0 Å². The summed E-state index contributed by atoms with van der Waals surface area (Å²) in [7, 11) is 0.654. The van der Waals surface area contributed by atoms with Crippen molar-refractivity contribution in [2.45, 2.75) is 26.2 Å². The zero-order valence-corrected chi connectivity index (χ0v) is 15.8. The van der Waals surface area contributed by atoms with Crippen molar-refractivity contribution in [1.82, 2.24) is 9.88 Å². The summed E-state index contributed by atoms with van der Waals surface area (Å²) in [5, 5.41) is 0.831. The lowest BCUT2D eigenvalue weighted by molar-refractivity contribution is -0.145. The third-order valence-electron chi connectivity index (χ3n) is 4.00. The molecule has 0 unspecified atom stereocenters. The van der Waals surface area contributed by atoms with Gasteiger partial charge in [0, 0.05) is 5.56 Å². The molecule has 136 valence electrons. The molecule has 1 aliphatic rings. The summed E-state index contributed by atoms with van der Waals surface area (Å²) in [6.07, 6.45) is 2.73. The van der Waals surface area contributed by atoms with Crippen molar-refractivity contribution in [2.24, 2.45) is 0 Å². The second-order valence-electron chi connectivity index (χ2n) is 6.28. The Morgan fingerprint density at radius 3 is 2.42 bits per heavy atom. The van der Waals surface area contributed by atoms with Gasteiger partial charge < -0.3 is 9.31 Å². The normalized spacial score (nSPS) is 16.0. The third kappa shape index (κ3) is 4.50. The Hall–Kier alpha value is -2.19. The van der Waals surface area contributed by atoms with Gasteiger partial charge in [0.05, 0.1) is 23.6 Å². The number of thiazole rings is 1. The molecule has 6 nitrogen and oxygen atoms in total. The van der Waals surface area contributed by atoms with Crippen LogP contribution in [0.2, 0.25) is 0 Å². The number of benzene rings is 1. The fraction of sp³-hybridized carbons (Fsp3) is 0.389. The van der Waals surface area contributed by atoms with E-state index >= 15 is 0 Å². The van der Waals surface area contributed by atoms with E-state index in [9.17, 15) is 9.59 Å². The first kappa shape index (κ1) is 18.6. The third-order valence-corrected chi connectivity index (χ3v) is 5.17. The van der Waals surface area contributed by atoms with Gasteiger partial charge in [-0.3, -0.25) is 14.5 Å². The Morgan fingerprint density at radius 1 is 1.15 bits per heavy atom. The Labute approximate surface area is 157 Å². The number of nitrogens with zero attached hydrogens (tertiary/aromatic N) is 2. The molecular weight excluding hydrogens is 351 g/mol. The van der Waals surface area contributed by atoms with Gasteiger partial charge in [0.25, 0.3) is 0 Å². The summed E-state index contributed by atoms with van der Waals surface area (Å²) >= 11 is 1.41. The second kappa shape index (κ2) is 8.46. The SMILES string of the molecule is CCCCc1nc(-c2ccccc2)sc1B1OC(=O)CN(C)CC(=O)O1. The zero-order chi connectivity index (χ0) is 18.5. The van der Waals surface area contributed by atoms with E-state index in [4.69, 9.17) is 14.3 Å². The minimum absolute atomic E-state index is 0.0558. The van der Waals surface area contributed by atoms with Crippen molar-refractivity contribution in [3.8, 4) is 10.6 Å². The fourth-order valence-electron chi connectivity index (χ4n) is 2.72. The molecule has 0 atom stereocenters. The number of hydrogen-bond donors (Lipinski definition) is 0. The number of aromatic nitrogens is 1. The van der Waals surface area contributed by atoms with Gasteiger partial charge in [-0.2, -0.15) is 0 Å². The van der Waals surface area contributed by atoms with Crippen LogP contribution in [0, 0.1) is 0 Å². The molecule has 1 aromatic heterocycles. The zero-order valence-electron chi connectivity index (χ0n) is 14.9. The smallest absolute Gasteiger partial charge is 0.494 e. The van der Waals surface area contributed by atoms with Crippen LogP contribution < -0.4 is 4.78 Å². The minimum Gasteiger partial charge on any atom is -0.494 e. The first-order valence-electron chi connectivity index (χ1n) is 8.69. The summed E-state index contributed by atoms with van der Waals surface area (Å²) in [4.78, 5) is 30.4. The number of rotatable bonds is 5. The number of carbonyl (C=O) groups is 2.